The van der Waals surface area contributed by atoms with Crippen LogP contribution in [0, 0.1) is 13.8 Å². The zero-order valence-corrected chi connectivity index (χ0v) is 20.2. The van der Waals surface area contributed by atoms with Crippen molar-refractivity contribution in [3.63, 3.8) is 0 Å². The van der Waals surface area contributed by atoms with Crippen LogP contribution >= 0.6 is 35.3 Å². The van der Waals surface area contributed by atoms with Gasteiger partial charge in [-0.2, -0.15) is 0 Å². The number of rotatable bonds is 11. The Bertz CT molecular complexity index is 502. The summed E-state index contributed by atoms with van der Waals surface area (Å²) in [5.41, 5.74) is 1.14. The summed E-state index contributed by atoms with van der Waals surface area (Å²) < 4.78 is 5.81. The number of halogens is 1. The number of hydrogen-bond acceptors (Lipinski definition) is 5. The molecule has 1 aromatic rings. The van der Waals surface area contributed by atoms with Crippen LogP contribution in [0.25, 0.3) is 0 Å². The summed E-state index contributed by atoms with van der Waals surface area (Å²) in [4.78, 5) is 12.8. The number of aryl methyl sites for hydroxylation is 2. The summed E-state index contributed by atoms with van der Waals surface area (Å²) in [7, 11) is 4.17. The Hall–Kier alpha value is -0.450. The Balaban J connectivity index is 0.00000625. The van der Waals surface area contributed by atoms with Gasteiger partial charge in [-0.15, -0.1) is 35.3 Å². The van der Waals surface area contributed by atoms with Crippen LogP contribution < -0.4 is 10.6 Å². The molecule has 0 amide bonds. The molecule has 152 valence electrons. The van der Waals surface area contributed by atoms with Crippen LogP contribution in [0.5, 0.6) is 0 Å². The Morgan fingerprint density at radius 3 is 2.54 bits per heavy atom. The highest BCUT2D eigenvalue weighted by Gasteiger charge is 2.09. The Morgan fingerprint density at radius 2 is 2.00 bits per heavy atom. The summed E-state index contributed by atoms with van der Waals surface area (Å²) in [6.45, 7) is 12.4. The third kappa shape index (κ3) is 10.6. The van der Waals surface area contributed by atoms with Crippen LogP contribution in [0.3, 0.4) is 0 Å². The smallest absolute Gasteiger partial charge is 0.191 e. The Morgan fingerprint density at radius 1 is 1.27 bits per heavy atom. The molecule has 0 aromatic carbocycles. The number of aliphatic imine (C=N–C) groups is 1. The van der Waals surface area contributed by atoms with Crippen LogP contribution in [-0.2, 0) is 11.2 Å². The molecule has 0 fully saturated rings. The zero-order valence-electron chi connectivity index (χ0n) is 17.1. The predicted molar refractivity (Wildman–Crippen MR) is 123 cm³/mol. The van der Waals surface area contributed by atoms with E-state index in [0.717, 1.165) is 50.7 Å². The molecule has 1 aromatic heterocycles. The minimum Gasteiger partial charge on any atom is -0.377 e. The number of aromatic nitrogens is 1. The number of guanidine groups is 1. The summed E-state index contributed by atoms with van der Waals surface area (Å²) in [5.74, 6) is 0.849. The van der Waals surface area contributed by atoms with Gasteiger partial charge in [0.15, 0.2) is 5.96 Å². The van der Waals surface area contributed by atoms with E-state index in [1.807, 2.05) is 6.92 Å². The van der Waals surface area contributed by atoms with Gasteiger partial charge in [-0.25, -0.2) is 4.98 Å². The van der Waals surface area contributed by atoms with Crippen molar-refractivity contribution in [2.45, 2.75) is 46.6 Å². The van der Waals surface area contributed by atoms with Crippen molar-refractivity contribution in [3.8, 4) is 0 Å². The highest BCUT2D eigenvalue weighted by atomic mass is 127. The molecular formula is C18H36IN5OS. The molecule has 0 saturated heterocycles. The fourth-order valence-corrected chi connectivity index (χ4v) is 3.27. The van der Waals surface area contributed by atoms with Crippen molar-refractivity contribution < 1.29 is 4.74 Å². The number of hydrogen-bond donors (Lipinski definition) is 2. The van der Waals surface area contributed by atoms with Gasteiger partial charge in [0.1, 0.15) is 0 Å². The van der Waals surface area contributed by atoms with E-state index >= 15 is 0 Å². The van der Waals surface area contributed by atoms with Crippen LogP contribution in [0.1, 0.15) is 35.8 Å². The molecule has 0 spiro atoms. The normalized spacial score (nSPS) is 12.8. The maximum atomic E-state index is 5.81. The zero-order chi connectivity index (χ0) is 18.7. The molecule has 0 radical (unpaired) electrons. The highest BCUT2D eigenvalue weighted by molar-refractivity contribution is 14.0. The van der Waals surface area contributed by atoms with Crippen molar-refractivity contribution in [3.05, 3.63) is 15.6 Å². The van der Waals surface area contributed by atoms with E-state index in [1.165, 1.54) is 9.88 Å². The summed E-state index contributed by atoms with van der Waals surface area (Å²) >= 11 is 1.78. The topological polar surface area (TPSA) is 61.8 Å². The maximum absolute atomic E-state index is 5.81. The van der Waals surface area contributed by atoms with E-state index in [9.17, 15) is 0 Å². The van der Waals surface area contributed by atoms with Crippen molar-refractivity contribution in [1.29, 1.82) is 0 Å². The molecular weight excluding hydrogens is 461 g/mol. The number of ether oxygens (including phenoxy) is 1. The van der Waals surface area contributed by atoms with Gasteiger partial charge in [0.2, 0.25) is 0 Å². The number of nitrogens with zero attached hydrogens (tertiary/aromatic N) is 3. The van der Waals surface area contributed by atoms with Crippen molar-refractivity contribution in [1.82, 2.24) is 20.5 Å². The minimum absolute atomic E-state index is 0. The van der Waals surface area contributed by atoms with Crippen LogP contribution in [-0.4, -0.2) is 68.8 Å². The molecule has 0 aliphatic rings. The Kier molecular flexibility index (Phi) is 14.3. The first kappa shape index (κ1) is 25.6. The second-order valence-corrected chi connectivity index (χ2v) is 7.60. The monoisotopic (exact) mass is 497 g/mol. The summed E-state index contributed by atoms with van der Waals surface area (Å²) in [6.07, 6.45) is 2.06. The second kappa shape index (κ2) is 14.6. The van der Waals surface area contributed by atoms with Crippen LogP contribution in [0.4, 0.5) is 0 Å². The van der Waals surface area contributed by atoms with Gasteiger partial charge >= 0.3 is 0 Å². The van der Waals surface area contributed by atoms with Gasteiger partial charge in [0.05, 0.1) is 23.4 Å². The second-order valence-electron chi connectivity index (χ2n) is 6.31. The van der Waals surface area contributed by atoms with Gasteiger partial charge in [-0.1, -0.05) is 0 Å². The summed E-state index contributed by atoms with van der Waals surface area (Å²) in [5, 5.41) is 7.88. The molecule has 1 heterocycles. The molecule has 26 heavy (non-hydrogen) atoms. The average Bonchev–Trinajstić information content (AvgIpc) is 2.87. The molecule has 8 heteroatoms. The lowest BCUT2D eigenvalue weighted by molar-refractivity contribution is 0.0582. The fourth-order valence-electron chi connectivity index (χ4n) is 2.33. The quantitative estimate of drug-likeness (QED) is 0.280. The molecule has 1 rings (SSSR count). The van der Waals surface area contributed by atoms with Gasteiger partial charge < -0.3 is 20.3 Å². The van der Waals surface area contributed by atoms with E-state index in [4.69, 9.17) is 9.73 Å². The minimum atomic E-state index is 0. The van der Waals surface area contributed by atoms with Gasteiger partial charge in [0.25, 0.3) is 0 Å². The molecule has 0 bridgehead atoms. The molecule has 2 N–H and O–H groups in total. The molecule has 0 saturated carbocycles. The van der Waals surface area contributed by atoms with E-state index in [1.54, 1.807) is 11.3 Å². The molecule has 0 aliphatic carbocycles. The third-order valence-corrected chi connectivity index (χ3v) is 4.93. The van der Waals surface area contributed by atoms with Crippen molar-refractivity contribution in [2.75, 3.05) is 46.9 Å². The molecule has 1 atom stereocenters. The first-order valence-electron chi connectivity index (χ1n) is 9.17. The number of thiazole rings is 1. The first-order valence-corrected chi connectivity index (χ1v) is 9.99. The SMILES string of the molecule is CCNC(=NCC(CCN(C)C)OCC)NCCc1nc(C)c(C)s1.I. The largest absolute Gasteiger partial charge is 0.377 e. The summed E-state index contributed by atoms with van der Waals surface area (Å²) in [6, 6.07) is 0. The lowest BCUT2D eigenvalue weighted by atomic mass is 10.2. The lowest BCUT2D eigenvalue weighted by Gasteiger charge is -2.18. The van der Waals surface area contributed by atoms with Gasteiger partial charge in [-0.3, -0.25) is 4.99 Å². The van der Waals surface area contributed by atoms with E-state index in [0.29, 0.717) is 6.54 Å². The van der Waals surface area contributed by atoms with E-state index in [-0.39, 0.29) is 30.1 Å². The Labute approximate surface area is 180 Å². The van der Waals surface area contributed by atoms with Crippen LogP contribution in [0.15, 0.2) is 4.99 Å². The molecule has 6 nitrogen and oxygen atoms in total. The van der Waals surface area contributed by atoms with E-state index in [2.05, 4.69) is 55.4 Å². The van der Waals surface area contributed by atoms with Crippen LogP contribution in [0.2, 0.25) is 0 Å². The highest BCUT2D eigenvalue weighted by Crippen LogP contribution is 2.16. The maximum Gasteiger partial charge on any atom is 0.191 e. The third-order valence-electron chi connectivity index (χ3n) is 3.80. The van der Waals surface area contributed by atoms with Gasteiger partial charge in [0, 0.05) is 37.5 Å². The first-order chi connectivity index (χ1) is 12.0. The van der Waals surface area contributed by atoms with Crippen molar-refractivity contribution >= 4 is 41.3 Å². The van der Waals surface area contributed by atoms with Gasteiger partial charge in [-0.05, 0) is 48.2 Å². The average molecular weight is 497 g/mol. The lowest BCUT2D eigenvalue weighted by Crippen LogP contribution is -2.39. The number of nitrogens with one attached hydrogen (secondary N) is 2. The standard InChI is InChI=1S/C18H35N5OS.HI/c1-7-19-18(20-11-9-17-22-14(3)15(4)25-17)21-13-16(24-8-2)10-12-23(5)6;/h16H,7-13H2,1-6H3,(H2,19,20,21);1H. The predicted octanol–water partition coefficient (Wildman–Crippen LogP) is 2.83. The van der Waals surface area contributed by atoms with E-state index < -0.39 is 0 Å². The van der Waals surface area contributed by atoms with Crippen molar-refractivity contribution in [2.24, 2.45) is 4.99 Å². The molecule has 1 unspecified atom stereocenters. The fraction of sp³-hybridized carbons (Fsp3) is 0.778. The molecule has 0 aliphatic heterocycles.